The van der Waals surface area contributed by atoms with Crippen molar-refractivity contribution < 1.29 is 23.4 Å². The van der Waals surface area contributed by atoms with Gasteiger partial charge in [-0.2, -0.15) is 0 Å². The third-order valence-electron chi connectivity index (χ3n) is 3.40. The van der Waals surface area contributed by atoms with Crippen molar-refractivity contribution in [3.8, 4) is 17.1 Å². The van der Waals surface area contributed by atoms with E-state index < -0.39 is 22.8 Å². The number of carbonyl (C=O) groups is 1. The molecule has 0 aliphatic rings. The van der Waals surface area contributed by atoms with Gasteiger partial charge in [0.2, 0.25) is 5.43 Å². The number of aromatic carboxylic acids is 1. The van der Waals surface area contributed by atoms with Crippen molar-refractivity contribution in [2.24, 2.45) is 0 Å². The lowest BCUT2D eigenvalue weighted by Gasteiger charge is -2.08. The fraction of sp³-hybridized carbons (Fsp3) is 0.0588. The lowest BCUT2D eigenvalue weighted by atomic mass is 10.0. The predicted octanol–water partition coefficient (Wildman–Crippen LogP) is 3.31. The zero-order valence-electron chi connectivity index (χ0n) is 12.0. The fourth-order valence-corrected chi connectivity index (χ4v) is 2.33. The first-order valence-electron chi connectivity index (χ1n) is 6.65. The van der Waals surface area contributed by atoms with E-state index in [1.807, 2.05) is 0 Å². The van der Waals surface area contributed by atoms with Crippen LogP contribution in [0.15, 0.2) is 51.7 Å². The maximum atomic E-state index is 13.4. The smallest absolute Gasteiger partial charge is 0.343 e. The molecule has 0 atom stereocenters. The Balaban J connectivity index is 2.41. The summed E-state index contributed by atoms with van der Waals surface area (Å²) in [5.41, 5.74) is -0.892. The van der Waals surface area contributed by atoms with Crippen LogP contribution >= 0.6 is 0 Å². The second-order valence-electron chi connectivity index (χ2n) is 4.81. The molecule has 1 aromatic heterocycles. The summed E-state index contributed by atoms with van der Waals surface area (Å²) in [6.07, 6.45) is 0. The topological polar surface area (TPSA) is 76.7 Å². The Hall–Kier alpha value is -3.15. The van der Waals surface area contributed by atoms with E-state index in [4.69, 9.17) is 9.15 Å². The Labute approximate surface area is 129 Å². The van der Waals surface area contributed by atoms with E-state index in [9.17, 15) is 19.1 Å². The van der Waals surface area contributed by atoms with Gasteiger partial charge in [0.25, 0.3) is 0 Å². The van der Waals surface area contributed by atoms with Crippen LogP contribution in [0, 0.1) is 5.82 Å². The predicted molar refractivity (Wildman–Crippen MR) is 81.4 cm³/mol. The molecule has 5 nitrogen and oxygen atoms in total. The maximum absolute atomic E-state index is 13.4. The van der Waals surface area contributed by atoms with E-state index in [1.54, 1.807) is 0 Å². The molecule has 0 aliphatic carbocycles. The monoisotopic (exact) mass is 314 g/mol. The van der Waals surface area contributed by atoms with Gasteiger partial charge in [-0.05, 0) is 24.3 Å². The van der Waals surface area contributed by atoms with Crippen LogP contribution in [0.1, 0.15) is 10.4 Å². The molecule has 3 rings (SSSR count). The zero-order valence-corrected chi connectivity index (χ0v) is 12.0. The third-order valence-corrected chi connectivity index (χ3v) is 3.40. The van der Waals surface area contributed by atoms with E-state index >= 15 is 0 Å². The summed E-state index contributed by atoms with van der Waals surface area (Å²) in [7, 11) is 1.46. The highest BCUT2D eigenvalue weighted by atomic mass is 19.1. The van der Waals surface area contributed by atoms with Crippen molar-refractivity contribution in [3.05, 3.63) is 64.1 Å². The highest BCUT2D eigenvalue weighted by molar-refractivity contribution is 5.98. The van der Waals surface area contributed by atoms with Crippen LogP contribution < -0.4 is 10.2 Å². The third kappa shape index (κ3) is 2.55. The number of halogens is 1. The summed E-state index contributed by atoms with van der Waals surface area (Å²) >= 11 is 0. The highest BCUT2D eigenvalue weighted by Gasteiger charge is 2.22. The lowest BCUT2D eigenvalue weighted by Crippen LogP contribution is -2.16. The Morgan fingerprint density at radius 2 is 2.00 bits per heavy atom. The van der Waals surface area contributed by atoms with Gasteiger partial charge in [0.15, 0.2) is 11.3 Å². The Morgan fingerprint density at radius 3 is 2.65 bits per heavy atom. The molecule has 1 heterocycles. The molecule has 0 bridgehead atoms. The molecule has 0 saturated carbocycles. The number of carboxylic acids is 1. The Kier molecular flexibility index (Phi) is 3.57. The van der Waals surface area contributed by atoms with Gasteiger partial charge in [-0.25, -0.2) is 9.18 Å². The number of hydrogen-bond donors (Lipinski definition) is 1. The summed E-state index contributed by atoms with van der Waals surface area (Å²) in [4.78, 5) is 24.0. The number of benzene rings is 2. The molecule has 0 aliphatic heterocycles. The van der Waals surface area contributed by atoms with Gasteiger partial charge in [0.1, 0.15) is 17.1 Å². The number of rotatable bonds is 3. The average molecular weight is 314 g/mol. The van der Waals surface area contributed by atoms with Crippen LogP contribution in [0.2, 0.25) is 0 Å². The minimum absolute atomic E-state index is 0.114. The minimum atomic E-state index is -1.43. The first-order valence-corrected chi connectivity index (χ1v) is 6.65. The Bertz CT molecular complexity index is 974. The number of carboxylic acid groups (broad SMARTS) is 1. The first kappa shape index (κ1) is 14.8. The zero-order chi connectivity index (χ0) is 16.6. The number of methoxy groups -OCH3 is 1. The maximum Gasteiger partial charge on any atom is 0.343 e. The van der Waals surface area contributed by atoms with E-state index in [1.165, 1.54) is 43.5 Å². The molecule has 0 unspecified atom stereocenters. The summed E-state index contributed by atoms with van der Waals surface area (Å²) in [5.74, 6) is -1.74. The van der Waals surface area contributed by atoms with Gasteiger partial charge >= 0.3 is 5.97 Å². The van der Waals surface area contributed by atoms with Crippen molar-refractivity contribution in [2.45, 2.75) is 0 Å². The van der Waals surface area contributed by atoms with Crippen molar-refractivity contribution in [2.75, 3.05) is 7.11 Å². The lowest BCUT2D eigenvalue weighted by molar-refractivity contribution is 0.0694. The van der Waals surface area contributed by atoms with E-state index in [-0.39, 0.29) is 22.3 Å². The van der Waals surface area contributed by atoms with Gasteiger partial charge in [-0.15, -0.1) is 0 Å². The summed E-state index contributed by atoms with van der Waals surface area (Å²) in [5, 5.41) is 9.47. The van der Waals surface area contributed by atoms with E-state index in [0.29, 0.717) is 5.75 Å². The number of hydrogen-bond acceptors (Lipinski definition) is 4. The summed E-state index contributed by atoms with van der Waals surface area (Å²) in [6, 6.07) is 9.65. The largest absolute Gasteiger partial charge is 0.497 e. The second-order valence-corrected chi connectivity index (χ2v) is 4.81. The van der Waals surface area contributed by atoms with Crippen LogP contribution in [0.4, 0.5) is 4.39 Å². The second kappa shape index (κ2) is 5.57. The van der Waals surface area contributed by atoms with Gasteiger partial charge < -0.3 is 14.3 Å². The molecule has 1 N–H and O–H groups in total. The minimum Gasteiger partial charge on any atom is -0.497 e. The van der Waals surface area contributed by atoms with Crippen molar-refractivity contribution >= 4 is 16.9 Å². The molecule has 0 spiro atoms. The molecular weight excluding hydrogens is 303 g/mol. The van der Waals surface area contributed by atoms with Crippen LogP contribution in [-0.4, -0.2) is 18.2 Å². The molecule has 6 heteroatoms. The van der Waals surface area contributed by atoms with Crippen molar-refractivity contribution in [1.29, 1.82) is 0 Å². The van der Waals surface area contributed by atoms with E-state index in [0.717, 1.165) is 6.07 Å². The first-order chi connectivity index (χ1) is 11.0. The van der Waals surface area contributed by atoms with E-state index in [2.05, 4.69) is 0 Å². The molecule has 2 aromatic carbocycles. The SMILES string of the molecule is COc1ccc2c(=O)c(C(=O)O)c(-c3cccc(F)c3)oc2c1. The van der Waals surface area contributed by atoms with Gasteiger partial charge in [0.05, 0.1) is 12.5 Å². The van der Waals surface area contributed by atoms with Crippen LogP contribution in [-0.2, 0) is 0 Å². The number of fused-ring (bicyclic) bond motifs is 1. The standard InChI is InChI=1S/C17H11FO5/c1-22-11-5-6-12-13(8-11)23-16(14(15(12)19)17(20)21)9-3-2-4-10(18)7-9/h2-8H,1H3,(H,20,21). The molecule has 116 valence electrons. The fourth-order valence-electron chi connectivity index (χ4n) is 2.33. The quantitative estimate of drug-likeness (QED) is 0.802. The van der Waals surface area contributed by atoms with Gasteiger partial charge in [0, 0.05) is 11.6 Å². The number of ether oxygens (including phenoxy) is 1. The van der Waals surface area contributed by atoms with Crippen LogP contribution in [0.25, 0.3) is 22.3 Å². The summed E-state index contributed by atoms with van der Waals surface area (Å²) < 4.78 is 24.1. The van der Waals surface area contributed by atoms with Crippen LogP contribution in [0.5, 0.6) is 5.75 Å². The molecule has 23 heavy (non-hydrogen) atoms. The molecule has 0 saturated heterocycles. The van der Waals surface area contributed by atoms with Crippen LogP contribution in [0.3, 0.4) is 0 Å². The average Bonchev–Trinajstić information content (AvgIpc) is 2.53. The molecule has 0 fully saturated rings. The van der Waals surface area contributed by atoms with Gasteiger partial charge in [-0.1, -0.05) is 12.1 Å². The molecular formula is C17H11FO5. The highest BCUT2D eigenvalue weighted by Crippen LogP contribution is 2.28. The van der Waals surface area contributed by atoms with Crippen molar-refractivity contribution in [3.63, 3.8) is 0 Å². The summed E-state index contributed by atoms with van der Waals surface area (Å²) in [6.45, 7) is 0. The molecule has 0 amide bonds. The Morgan fingerprint density at radius 1 is 1.22 bits per heavy atom. The van der Waals surface area contributed by atoms with Crippen molar-refractivity contribution in [1.82, 2.24) is 0 Å². The molecule has 3 aromatic rings. The molecule has 0 radical (unpaired) electrons. The normalized spacial score (nSPS) is 10.7. The van der Waals surface area contributed by atoms with Gasteiger partial charge in [-0.3, -0.25) is 4.79 Å².